The summed E-state index contributed by atoms with van der Waals surface area (Å²) >= 11 is 0. The molecular formula is C59H84N2O17. The van der Waals surface area contributed by atoms with Crippen LogP contribution in [0.15, 0.2) is 109 Å². The molecule has 0 radical (unpaired) electrons. The van der Waals surface area contributed by atoms with Crippen LogP contribution in [0.4, 0.5) is 5.69 Å². The Kier molecular flexibility index (Phi) is 27.3. The van der Waals surface area contributed by atoms with Crippen molar-refractivity contribution in [1.29, 1.82) is 0 Å². The lowest BCUT2D eigenvalue weighted by Gasteiger charge is -2.45. The van der Waals surface area contributed by atoms with Gasteiger partial charge in [-0.2, -0.15) is 0 Å². The summed E-state index contributed by atoms with van der Waals surface area (Å²) in [5.74, 6) is -8.02. The summed E-state index contributed by atoms with van der Waals surface area (Å²) in [5.41, 5.74) is 12.8. The van der Waals surface area contributed by atoms with Crippen molar-refractivity contribution in [3.8, 4) is 0 Å². The van der Waals surface area contributed by atoms with Crippen LogP contribution < -0.4 is 11.5 Å². The molecule has 78 heavy (non-hydrogen) atoms. The van der Waals surface area contributed by atoms with E-state index in [-0.39, 0.29) is 87.1 Å². The summed E-state index contributed by atoms with van der Waals surface area (Å²) in [7, 11) is 0. The zero-order valence-electron chi connectivity index (χ0n) is 45.2. The number of hydrogen-bond acceptors (Lipinski definition) is 18. The maximum Gasteiger partial charge on any atom is 0.313 e. The number of fused-ring (bicyclic) bond motifs is 2. The molecule has 12 unspecified atom stereocenters. The largest absolute Gasteiger partial charge is 0.481 e. The zero-order valence-corrected chi connectivity index (χ0v) is 45.2. The molecule has 17 atom stereocenters. The van der Waals surface area contributed by atoms with Crippen molar-refractivity contribution in [2.24, 2.45) is 29.4 Å². The summed E-state index contributed by atoms with van der Waals surface area (Å²) in [5, 5.41) is 86.7. The third kappa shape index (κ3) is 22.1. The monoisotopic (exact) mass is 1090 g/mol. The fourth-order valence-electron chi connectivity index (χ4n) is 9.94. The average molecular weight is 1090 g/mol. The van der Waals surface area contributed by atoms with Gasteiger partial charge in [-0.1, -0.05) is 106 Å². The lowest BCUT2D eigenvalue weighted by molar-refractivity contribution is -0.304. The number of hydrogen-bond donors (Lipinski definition) is 10. The highest BCUT2D eigenvalue weighted by Crippen LogP contribution is 2.38. The summed E-state index contributed by atoms with van der Waals surface area (Å²) < 4.78 is 23.9. The lowest BCUT2D eigenvalue weighted by atomic mass is 9.83. The maximum absolute atomic E-state index is 13.3. The summed E-state index contributed by atoms with van der Waals surface area (Å²) in [4.78, 5) is 64.6. The molecule has 4 rings (SSSR count). The Morgan fingerprint density at radius 3 is 1.99 bits per heavy atom. The van der Waals surface area contributed by atoms with Gasteiger partial charge in [0.15, 0.2) is 17.9 Å². The second-order valence-corrected chi connectivity index (χ2v) is 21.2. The van der Waals surface area contributed by atoms with E-state index in [2.05, 4.69) is 0 Å². The van der Waals surface area contributed by atoms with Gasteiger partial charge in [-0.3, -0.25) is 24.0 Å². The predicted octanol–water partition coefficient (Wildman–Crippen LogP) is 4.80. The van der Waals surface area contributed by atoms with Crippen LogP contribution in [0.1, 0.15) is 122 Å². The number of cyclic esters (lactones) is 1. The molecular weight excluding hydrogens is 1010 g/mol. The van der Waals surface area contributed by atoms with Crippen molar-refractivity contribution >= 4 is 35.0 Å². The van der Waals surface area contributed by atoms with E-state index in [1.54, 1.807) is 110 Å². The molecule has 0 saturated carbocycles. The van der Waals surface area contributed by atoms with E-state index < -0.39 is 122 Å². The molecule has 19 heteroatoms. The van der Waals surface area contributed by atoms with Gasteiger partial charge in [-0.25, -0.2) is 0 Å². The van der Waals surface area contributed by atoms with E-state index in [1.165, 1.54) is 0 Å². The number of nitrogen functional groups attached to an aromatic ring is 1. The lowest BCUT2D eigenvalue weighted by Crippen LogP contribution is -2.61. The van der Waals surface area contributed by atoms with E-state index in [4.69, 9.17) is 30.4 Å². The number of aliphatic hydroxyl groups is 7. The van der Waals surface area contributed by atoms with Crippen LogP contribution in [0.5, 0.6) is 0 Å². The van der Waals surface area contributed by atoms with Crippen LogP contribution in [0.25, 0.3) is 0 Å². The van der Waals surface area contributed by atoms with E-state index >= 15 is 0 Å². The number of esters is 1. The number of carboxylic acid groups (broad SMARTS) is 1. The molecule has 2 bridgehead atoms. The van der Waals surface area contributed by atoms with E-state index in [0.29, 0.717) is 17.7 Å². The number of rotatable bonds is 10. The number of Topliss-reactive ketones (excluding diaryl/α,β-unsaturated/α-hetero) is 3. The van der Waals surface area contributed by atoms with Crippen LogP contribution in [-0.4, -0.2) is 149 Å². The van der Waals surface area contributed by atoms with Gasteiger partial charge < -0.3 is 71.3 Å². The molecule has 19 nitrogen and oxygen atoms in total. The highest BCUT2D eigenvalue weighted by Gasteiger charge is 2.50. The van der Waals surface area contributed by atoms with Gasteiger partial charge in [0.2, 0.25) is 0 Å². The van der Waals surface area contributed by atoms with Crippen molar-refractivity contribution in [3.05, 3.63) is 115 Å². The molecule has 1 aromatic carbocycles. The highest BCUT2D eigenvalue weighted by atomic mass is 16.7. The van der Waals surface area contributed by atoms with Gasteiger partial charge in [0.1, 0.15) is 36.1 Å². The van der Waals surface area contributed by atoms with Crippen molar-refractivity contribution < 1.29 is 83.8 Å². The quantitative estimate of drug-likeness (QED) is 0.0651. The second kappa shape index (κ2) is 32.7. The molecule has 12 N–H and O–H groups in total. The third-order valence-corrected chi connectivity index (χ3v) is 14.4. The molecule has 1 aromatic rings. The first-order chi connectivity index (χ1) is 37.0. The number of allylic oxidation sites excluding steroid dienone is 12. The van der Waals surface area contributed by atoms with Gasteiger partial charge in [0, 0.05) is 62.1 Å². The topological polar surface area (TPSA) is 336 Å². The molecule has 2 saturated heterocycles. The second-order valence-electron chi connectivity index (χ2n) is 21.2. The first kappa shape index (κ1) is 65.2. The Balaban J connectivity index is 1.52. The van der Waals surface area contributed by atoms with Gasteiger partial charge in [0.05, 0.1) is 54.9 Å². The maximum atomic E-state index is 13.3. The predicted molar refractivity (Wildman–Crippen MR) is 291 cm³/mol. The number of aliphatic carboxylic acids is 1. The number of anilines is 1. The Hall–Kier alpha value is -5.29. The minimum absolute atomic E-state index is 0.0173. The number of carbonyl (C=O) groups excluding carboxylic acids is 4. The van der Waals surface area contributed by atoms with E-state index in [0.717, 1.165) is 0 Å². The molecule has 0 aromatic heterocycles. The number of carboxylic acids is 1. The van der Waals surface area contributed by atoms with Gasteiger partial charge in [0.25, 0.3) is 0 Å². The Bertz CT molecular complexity index is 2290. The zero-order chi connectivity index (χ0) is 57.5. The first-order valence-corrected chi connectivity index (χ1v) is 27.0. The minimum Gasteiger partial charge on any atom is -0.481 e. The smallest absolute Gasteiger partial charge is 0.313 e. The molecule has 2 fully saturated rings. The van der Waals surface area contributed by atoms with Crippen LogP contribution >= 0.6 is 0 Å². The molecule has 3 aliphatic heterocycles. The van der Waals surface area contributed by atoms with Crippen LogP contribution in [0.3, 0.4) is 0 Å². The normalized spacial score (nSPS) is 36.3. The Labute approximate surface area is 457 Å². The summed E-state index contributed by atoms with van der Waals surface area (Å²) in [6.07, 6.45) is 10.5. The van der Waals surface area contributed by atoms with Crippen molar-refractivity contribution in [1.82, 2.24) is 0 Å². The molecule has 432 valence electrons. The fourth-order valence-corrected chi connectivity index (χ4v) is 9.94. The van der Waals surface area contributed by atoms with Gasteiger partial charge in [-0.15, -0.1) is 0 Å². The number of aliphatic hydroxyl groups excluding tert-OH is 6. The van der Waals surface area contributed by atoms with Gasteiger partial charge >= 0.3 is 11.9 Å². The number of carbonyl (C=O) groups is 5. The summed E-state index contributed by atoms with van der Waals surface area (Å²) in [6, 6.07) is 5.31. The molecule has 3 heterocycles. The standard InChI is InChI=1S/C59H84N2O17/c1-36-19-15-13-11-9-7-5-6-8-10-12-14-16-23-46(76-58-55(71)53(61)54(70)39(4)75-58)33-50-52(57(72)73)49(68)35-59(74,78-50)28-18-22-42(62)20-17-21-43(63)30-44(64)31-45(65)32-51(69)77-56(36)38(3)29-37(2)47(66)34-48(67)40-24-26-41(60)27-25-40/h5-16,19,23-27,36-39,42,44,46-47,49-50,52-56,58,62,64,66,68,70-71,74H,17-18,20-22,28-35,60-61H2,1-4H3,(H,72,73)/b6-5+,9-7+,10-8+,13-11+,14-12+,19-15+,23-16+/t36?,37?,38?,39-,42?,44?,46?,47?,49?,50?,52?,53+,54-,55+,56?,58+,59?/m1/s1. The number of ketones is 3. The molecule has 0 aliphatic carbocycles. The average Bonchev–Trinajstić information content (AvgIpc) is 3.38. The van der Waals surface area contributed by atoms with E-state index in [9.17, 15) is 64.8 Å². The summed E-state index contributed by atoms with van der Waals surface area (Å²) in [6.45, 7) is 7.08. The van der Waals surface area contributed by atoms with Crippen molar-refractivity contribution in [2.45, 2.75) is 190 Å². The Morgan fingerprint density at radius 2 is 1.37 bits per heavy atom. The first-order valence-electron chi connectivity index (χ1n) is 27.0. The highest BCUT2D eigenvalue weighted by molar-refractivity contribution is 5.97. The van der Waals surface area contributed by atoms with Crippen LogP contribution in [0.2, 0.25) is 0 Å². The number of nitrogens with two attached hydrogens (primary N) is 2. The molecule has 0 amide bonds. The molecule has 3 aliphatic rings. The number of benzene rings is 1. The third-order valence-electron chi connectivity index (χ3n) is 14.4. The fraction of sp³-hybridized carbons (Fsp3) is 0.576. The van der Waals surface area contributed by atoms with E-state index in [1.807, 2.05) is 26.8 Å². The van der Waals surface area contributed by atoms with Crippen LogP contribution in [-0.2, 0) is 38.1 Å². The van der Waals surface area contributed by atoms with Gasteiger partial charge in [-0.05, 0) is 75.1 Å². The molecule has 0 spiro atoms. The van der Waals surface area contributed by atoms with Crippen molar-refractivity contribution in [2.75, 3.05) is 5.73 Å². The number of ether oxygens (including phenoxy) is 4. The minimum atomic E-state index is -2.01. The van der Waals surface area contributed by atoms with Crippen molar-refractivity contribution in [3.63, 3.8) is 0 Å². The SMILES string of the molecule is CC1/C=C/C=C/C=C/C=C/C=C/C=C/C=C/C(O[C@@H]2O[C@H](C)[C@@H](O)[C@H](N)[C@@H]2O)CC2OC(O)(CCCC(O)CCCC(=O)CC(O)CC(=O)CC(=O)OC1C(C)CC(C)C(O)CC(=O)c1ccc(N)cc1)CC(O)C2C(=O)O. The Morgan fingerprint density at radius 1 is 0.795 bits per heavy atom. The van der Waals surface area contributed by atoms with Crippen LogP contribution in [0, 0.1) is 23.7 Å².